The normalized spacial score (nSPS) is 11.8. The van der Waals surface area contributed by atoms with E-state index < -0.39 is 0 Å². The topological polar surface area (TPSA) is 66.6 Å². The Kier molecular flexibility index (Phi) is 7.80. The molecule has 0 amide bonds. The molecule has 0 fully saturated rings. The number of methoxy groups -OCH3 is 4. The predicted octanol–water partition coefficient (Wildman–Crippen LogP) is 3.81. The summed E-state index contributed by atoms with van der Waals surface area (Å²) < 4.78 is 36.5. The van der Waals surface area contributed by atoms with E-state index >= 15 is 0 Å². The van der Waals surface area contributed by atoms with Crippen molar-refractivity contribution in [3.63, 3.8) is 0 Å². The van der Waals surface area contributed by atoms with E-state index in [1.165, 1.54) is 23.5 Å². The van der Waals surface area contributed by atoms with Gasteiger partial charge in [-0.2, -0.15) is 5.10 Å². The van der Waals surface area contributed by atoms with Crippen LogP contribution in [0.5, 0.6) is 17.2 Å². The van der Waals surface area contributed by atoms with E-state index in [1.54, 1.807) is 63.6 Å². The number of halogens is 1. The quantitative estimate of drug-likeness (QED) is 0.371. The van der Waals surface area contributed by atoms with Gasteiger partial charge in [0, 0.05) is 30.2 Å². The largest absolute Gasteiger partial charge is 0.496 e. The van der Waals surface area contributed by atoms with Gasteiger partial charge in [-0.15, -0.1) is 11.3 Å². The Morgan fingerprint density at radius 2 is 1.68 bits per heavy atom. The van der Waals surface area contributed by atoms with Crippen LogP contribution in [0, 0.1) is 5.82 Å². The van der Waals surface area contributed by atoms with Crippen LogP contribution in [0.4, 0.5) is 4.39 Å². The van der Waals surface area contributed by atoms with E-state index in [-0.39, 0.29) is 5.82 Å². The van der Waals surface area contributed by atoms with Gasteiger partial charge in [0.25, 0.3) is 0 Å². The first-order valence-corrected chi connectivity index (χ1v) is 10.3. The van der Waals surface area contributed by atoms with E-state index in [1.807, 2.05) is 5.38 Å². The highest BCUT2D eigenvalue weighted by molar-refractivity contribution is 7.07. The van der Waals surface area contributed by atoms with Gasteiger partial charge in [0.15, 0.2) is 0 Å². The molecule has 0 atom stereocenters. The molecular formula is C22H24FN3O4S. The van der Waals surface area contributed by atoms with Gasteiger partial charge >= 0.3 is 0 Å². The van der Waals surface area contributed by atoms with E-state index in [9.17, 15) is 4.39 Å². The fourth-order valence-electron chi connectivity index (χ4n) is 2.85. The zero-order valence-corrected chi connectivity index (χ0v) is 18.6. The first-order valence-electron chi connectivity index (χ1n) is 9.41. The van der Waals surface area contributed by atoms with Crippen molar-refractivity contribution in [3.05, 3.63) is 58.0 Å². The Morgan fingerprint density at radius 1 is 1.00 bits per heavy atom. The molecule has 31 heavy (non-hydrogen) atoms. The molecule has 1 heterocycles. The first kappa shape index (κ1) is 22.5. The van der Waals surface area contributed by atoms with E-state index in [0.717, 1.165) is 11.3 Å². The van der Waals surface area contributed by atoms with Crippen molar-refractivity contribution in [2.24, 2.45) is 10.1 Å². The monoisotopic (exact) mass is 445 g/mol. The van der Waals surface area contributed by atoms with Crippen LogP contribution in [0.3, 0.4) is 0 Å². The SMILES string of the molecule is COCCN=c1scc(-c2ccc(F)cc2)n1N=Cc1c(OC)cc(OC)cc1OC. The minimum Gasteiger partial charge on any atom is -0.496 e. The molecular weight excluding hydrogens is 421 g/mol. The minimum atomic E-state index is -0.299. The Morgan fingerprint density at radius 3 is 2.26 bits per heavy atom. The molecule has 1 aromatic heterocycles. The first-order chi connectivity index (χ1) is 15.1. The van der Waals surface area contributed by atoms with Crippen LogP contribution in [-0.2, 0) is 4.74 Å². The highest BCUT2D eigenvalue weighted by Crippen LogP contribution is 2.32. The lowest BCUT2D eigenvalue weighted by atomic mass is 10.1. The molecule has 164 valence electrons. The number of rotatable bonds is 9. The molecule has 0 saturated heterocycles. The van der Waals surface area contributed by atoms with Crippen molar-refractivity contribution in [1.82, 2.24) is 4.68 Å². The molecule has 0 aliphatic rings. The maximum Gasteiger partial charge on any atom is 0.206 e. The maximum absolute atomic E-state index is 13.4. The molecule has 3 rings (SSSR count). The Balaban J connectivity index is 2.11. The second-order valence-electron chi connectivity index (χ2n) is 6.29. The highest BCUT2D eigenvalue weighted by Gasteiger charge is 2.13. The van der Waals surface area contributed by atoms with Gasteiger partial charge in [-0.3, -0.25) is 4.99 Å². The van der Waals surface area contributed by atoms with Gasteiger partial charge in [-0.1, -0.05) is 0 Å². The highest BCUT2D eigenvalue weighted by atomic mass is 32.1. The average molecular weight is 446 g/mol. The standard InChI is InChI=1S/C22H24FN3O4S/c1-27-10-9-24-22-26(19(14-31-22)15-5-7-16(23)8-6-15)25-13-18-20(29-3)11-17(28-2)12-21(18)30-4/h5-8,11-14H,9-10H2,1-4H3. The van der Waals surface area contributed by atoms with Gasteiger partial charge in [0.1, 0.15) is 23.1 Å². The van der Waals surface area contributed by atoms with Gasteiger partial charge < -0.3 is 18.9 Å². The molecule has 0 unspecified atom stereocenters. The second-order valence-corrected chi connectivity index (χ2v) is 7.12. The van der Waals surface area contributed by atoms with Crippen LogP contribution in [0.25, 0.3) is 11.3 Å². The molecule has 9 heteroatoms. The van der Waals surface area contributed by atoms with E-state index in [4.69, 9.17) is 18.9 Å². The number of ether oxygens (including phenoxy) is 4. The molecule has 0 spiro atoms. The van der Waals surface area contributed by atoms with Crippen molar-refractivity contribution in [3.8, 4) is 28.5 Å². The van der Waals surface area contributed by atoms with Crippen LogP contribution in [0.2, 0.25) is 0 Å². The lowest BCUT2D eigenvalue weighted by Crippen LogP contribution is -2.14. The summed E-state index contributed by atoms with van der Waals surface area (Å²) in [6.45, 7) is 0.984. The summed E-state index contributed by atoms with van der Waals surface area (Å²) in [4.78, 5) is 5.25. The summed E-state index contributed by atoms with van der Waals surface area (Å²) in [5.41, 5.74) is 2.25. The summed E-state index contributed by atoms with van der Waals surface area (Å²) in [5, 5.41) is 6.59. The van der Waals surface area contributed by atoms with E-state index in [0.29, 0.717) is 40.8 Å². The summed E-state index contributed by atoms with van der Waals surface area (Å²) in [6.07, 6.45) is 1.65. The van der Waals surface area contributed by atoms with Gasteiger partial charge in [-0.25, -0.2) is 9.07 Å². The molecule has 2 aromatic carbocycles. The van der Waals surface area contributed by atoms with Crippen molar-refractivity contribution >= 4 is 17.6 Å². The third-order valence-electron chi connectivity index (χ3n) is 4.42. The molecule has 0 aliphatic carbocycles. The summed E-state index contributed by atoms with van der Waals surface area (Å²) in [5.74, 6) is 1.41. The van der Waals surface area contributed by atoms with Crippen molar-refractivity contribution in [2.75, 3.05) is 41.6 Å². The van der Waals surface area contributed by atoms with Gasteiger partial charge in [-0.05, 0) is 24.3 Å². The number of aromatic nitrogens is 1. The molecule has 0 radical (unpaired) electrons. The number of thiazole rings is 1. The zero-order valence-electron chi connectivity index (χ0n) is 17.8. The third kappa shape index (κ3) is 5.31. The average Bonchev–Trinajstić information content (AvgIpc) is 3.20. The Bertz CT molecular complexity index is 1080. The van der Waals surface area contributed by atoms with E-state index in [2.05, 4.69) is 10.1 Å². The zero-order chi connectivity index (χ0) is 22.2. The smallest absolute Gasteiger partial charge is 0.206 e. The maximum atomic E-state index is 13.4. The fourth-order valence-corrected chi connectivity index (χ4v) is 3.71. The summed E-state index contributed by atoms with van der Waals surface area (Å²) in [6, 6.07) is 9.75. The molecule has 7 nitrogen and oxygen atoms in total. The molecule has 3 aromatic rings. The fraction of sp³-hybridized carbons (Fsp3) is 0.273. The molecule has 0 bridgehead atoms. The summed E-state index contributed by atoms with van der Waals surface area (Å²) in [7, 11) is 6.34. The van der Waals surface area contributed by atoms with Crippen LogP contribution in [-0.4, -0.2) is 52.5 Å². The molecule has 0 aliphatic heterocycles. The summed E-state index contributed by atoms with van der Waals surface area (Å²) >= 11 is 1.44. The third-order valence-corrected chi connectivity index (χ3v) is 5.28. The van der Waals surface area contributed by atoms with Crippen molar-refractivity contribution in [1.29, 1.82) is 0 Å². The molecule has 0 saturated carbocycles. The van der Waals surface area contributed by atoms with Crippen LogP contribution in [0.15, 0.2) is 51.9 Å². The lowest BCUT2D eigenvalue weighted by molar-refractivity contribution is 0.207. The van der Waals surface area contributed by atoms with Crippen molar-refractivity contribution in [2.45, 2.75) is 0 Å². The Labute approximate surface area is 184 Å². The predicted molar refractivity (Wildman–Crippen MR) is 119 cm³/mol. The Hall–Kier alpha value is -3.17. The van der Waals surface area contributed by atoms with Crippen LogP contribution >= 0.6 is 11.3 Å². The van der Waals surface area contributed by atoms with Gasteiger partial charge in [0.2, 0.25) is 4.80 Å². The van der Waals surface area contributed by atoms with Crippen LogP contribution in [0.1, 0.15) is 5.56 Å². The lowest BCUT2D eigenvalue weighted by Gasteiger charge is -2.12. The molecule has 0 N–H and O–H groups in total. The number of nitrogens with zero attached hydrogens (tertiary/aromatic N) is 3. The number of hydrogen-bond acceptors (Lipinski definition) is 7. The van der Waals surface area contributed by atoms with Crippen LogP contribution < -0.4 is 19.0 Å². The van der Waals surface area contributed by atoms with Crippen molar-refractivity contribution < 1.29 is 23.3 Å². The van der Waals surface area contributed by atoms with Gasteiger partial charge in [0.05, 0.1) is 52.0 Å². The number of hydrogen-bond donors (Lipinski definition) is 0. The minimum absolute atomic E-state index is 0.299. The second kappa shape index (κ2) is 10.7. The number of benzene rings is 2.